The average Bonchev–Trinajstić information content (AvgIpc) is 3.61. The molecule has 2 aromatic heterocycles. The summed E-state index contributed by atoms with van der Waals surface area (Å²) < 4.78 is 9.04. The predicted octanol–water partition coefficient (Wildman–Crippen LogP) is 6.01. The molecular weight excluding hydrogens is 607 g/mol. The molecule has 212 valence electrons. The van der Waals surface area contributed by atoms with Crippen molar-refractivity contribution < 1.29 is 0 Å². The normalized spacial score (nSPS) is 11.9. The summed E-state index contributed by atoms with van der Waals surface area (Å²) in [4.78, 5) is 0. The topological polar surface area (TPSA) is 35.6 Å². The molecule has 0 saturated heterocycles. The van der Waals surface area contributed by atoms with E-state index in [0.29, 0.717) is 0 Å². The molecule has 0 aliphatic rings. The van der Waals surface area contributed by atoms with Crippen LogP contribution in [0.15, 0.2) is 84.9 Å². The molecule has 0 fully saturated rings. The zero-order chi connectivity index (χ0) is 29.1. The predicted molar refractivity (Wildman–Crippen MR) is 175 cm³/mol. The third kappa shape index (κ3) is 5.43. The van der Waals surface area contributed by atoms with Gasteiger partial charge >= 0.3 is 251 Å². The Morgan fingerprint density at radius 1 is 0.512 bits per heavy atom. The van der Waals surface area contributed by atoms with Crippen molar-refractivity contribution in [3.63, 3.8) is 0 Å². The van der Waals surface area contributed by atoms with E-state index in [4.69, 9.17) is 10.2 Å². The van der Waals surface area contributed by atoms with Gasteiger partial charge in [-0.3, -0.25) is 0 Å². The molecule has 0 unspecified atom stereocenters. The molecule has 3 aromatic carbocycles. The Kier molecular flexibility index (Phi) is 8.88. The third-order valence-corrected chi connectivity index (χ3v) is 22.8. The quantitative estimate of drug-likeness (QED) is 0.174. The molecule has 0 bridgehead atoms. The Hall–Kier alpha value is -3.12. The molecule has 0 spiro atoms. The second-order valence-electron chi connectivity index (χ2n) is 11.3. The van der Waals surface area contributed by atoms with Crippen LogP contribution in [-0.2, 0) is 25.7 Å². The van der Waals surface area contributed by atoms with Crippen molar-refractivity contribution in [1.82, 2.24) is 19.6 Å². The summed E-state index contributed by atoms with van der Waals surface area (Å²) in [6, 6.07) is 32.8. The van der Waals surface area contributed by atoms with Gasteiger partial charge in [-0.25, -0.2) is 0 Å². The Labute approximate surface area is 250 Å². The molecule has 0 radical (unpaired) electrons. The van der Waals surface area contributed by atoms with Crippen LogP contribution in [0.5, 0.6) is 0 Å². The van der Waals surface area contributed by atoms with Gasteiger partial charge in [0.25, 0.3) is 0 Å². The zero-order valence-corrected chi connectivity index (χ0v) is 28.6. The van der Waals surface area contributed by atoms with Crippen molar-refractivity contribution >= 4 is 29.1 Å². The number of hydrogen-bond acceptors (Lipinski definition) is 2. The van der Waals surface area contributed by atoms with Gasteiger partial charge in [0.2, 0.25) is 0 Å². The van der Waals surface area contributed by atoms with Crippen molar-refractivity contribution in [1.29, 1.82) is 0 Å². The Balaban J connectivity index is 2.01. The zero-order valence-electron chi connectivity index (χ0n) is 25.8. The fourth-order valence-corrected chi connectivity index (χ4v) is 20.9. The average molecular weight is 651 g/mol. The van der Waals surface area contributed by atoms with E-state index in [1.54, 1.807) is 0 Å². The van der Waals surface area contributed by atoms with E-state index in [1.165, 1.54) is 38.8 Å². The minimum atomic E-state index is -4.07. The van der Waals surface area contributed by atoms with Crippen molar-refractivity contribution in [3.05, 3.63) is 124 Å². The monoisotopic (exact) mass is 652 g/mol. The third-order valence-electron chi connectivity index (χ3n) is 8.55. The molecule has 0 aliphatic carbocycles. The van der Waals surface area contributed by atoms with Gasteiger partial charge in [-0.1, -0.05) is 0 Å². The van der Waals surface area contributed by atoms with E-state index >= 15 is 0 Å². The maximum atomic E-state index is 5.39. The van der Waals surface area contributed by atoms with Crippen molar-refractivity contribution in [3.8, 4) is 0 Å². The van der Waals surface area contributed by atoms with E-state index < -0.39 is 18.4 Å². The van der Waals surface area contributed by atoms with E-state index in [2.05, 4.69) is 143 Å². The number of aromatic nitrogens is 4. The van der Waals surface area contributed by atoms with Crippen LogP contribution in [0.4, 0.5) is 0 Å². The fourth-order valence-electron chi connectivity index (χ4n) is 6.14. The molecule has 5 aromatic rings. The first-order valence-corrected chi connectivity index (χ1v) is 21.1. The summed E-state index contributed by atoms with van der Waals surface area (Å²) in [5.74, 6) is 0. The first-order chi connectivity index (χ1) is 19.8. The van der Waals surface area contributed by atoms with Crippen LogP contribution in [-0.4, -0.2) is 37.9 Å². The SMILES string of the molecule is CCc1cc(CC)n([CH](n2nc(CC)cc2CC)[Sn]([c]2ccc(C)cc2)([c]2ccc(C)cc2)[c]2ccc(C)cc2)n1. The van der Waals surface area contributed by atoms with Crippen LogP contribution in [0.2, 0.25) is 0 Å². The van der Waals surface area contributed by atoms with Gasteiger partial charge in [-0.15, -0.1) is 0 Å². The Morgan fingerprint density at radius 2 is 0.829 bits per heavy atom. The van der Waals surface area contributed by atoms with Crippen LogP contribution in [0, 0.1) is 20.8 Å². The first kappa shape index (κ1) is 29.4. The number of aryl methyl sites for hydroxylation is 7. The molecule has 5 rings (SSSR count). The Morgan fingerprint density at radius 3 is 1.10 bits per heavy atom. The Bertz CT molecular complexity index is 1430. The number of nitrogens with zero attached hydrogens (tertiary/aromatic N) is 4. The minimum absolute atomic E-state index is 0.0529. The molecule has 0 N–H and O–H groups in total. The van der Waals surface area contributed by atoms with Crippen molar-refractivity contribution in [2.75, 3.05) is 0 Å². The number of hydrogen-bond donors (Lipinski definition) is 0. The number of rotatable bonds is 10. The van der Waals surface area contributed by atoms with E-state index in [0.717, 1.165) is 37.1 Å². The summed E-state index contributed by atoms with van der Waals surface area (Å²) in [7, 11) is 0. The van der Waals surface area contributed by atoms with Gasteiger partial charge in [-0.2, -0.15) is 0 Å². The summed E-state index contributed by atoms with van der Waals surface area (Å²) in [6.07, 6.45) is 3.67. The van der Waals surface area contributed by atoms with Gasteiger partial charge in [0.15, 0.2) is 0 Å². The molecule has 5 heteroatoms. The summed E-state index contributed by atoms with van der Waals surface area (Å²) in [5, 5.41) is 10.8. The summed E-state index contributed by atoms with van der Waals surface area (Å²) >= 11 is -4.07. The van der Waals surface area contributed by atoms with Crippen LogP contribution in [0.3, 0.4) is 0 Å². The van der Waals surface area contributed by atoms with Gasteiger partial charge in [0.1, 0.15) is 0 Å². The first-order valence-electron chi connectivity index (χ1n) is 15.2. The van der Waals surface area contributed by atoms with Crippen molar-refractivity contribution in [2.24, 2.45) is 0 Å². The molecule has 4 nitrogen and oxygen atoms in total. The van der Waals surface area contributed by atoms with Gasteiger partial charge < -0.3 is 0 Å². The van der Waals surface area contributed by atoms with E-state index in [9.17, 15) is 0 Å². The summed E-state index contributed by atoms with van der Waals surface area (Å²) in [6.45, 7) is 15.5. The number of benzene rings is 3. The molecular formula is C36H44N4Sn. The molecule has 0 atom stereocenters. The van der Waals surface area contributed by atoms with E-state index in [1.807, 2.05) is 0 Å². The second-order valence-corrected chi connectivity index (χ2v) is 22.4. The second kappa shape index (κ2) is 12.4. The standard InChI is InChI=1S/C15H23N4.3C7H7.Sn/c1-5-12-9-14(7-3)18(16-12)11-19-15(8-4)10-13(6-2)17-19;3*1-7-5-3-2-4-6-7;/h9-11H,5-8H2,1-4H3;3*3-6H,1H3;. The maximum absolute atomic E-state index is 5.39. The molecule has 0 saturated carbocycles. The van der Waals surface area contributed by atoms with Gasteiger partial charge in [0, 0.05) is 0 Å². The van der Waals surface area contributed by atoms with E-state index in [-0.39, 0.29) is 4.18 Å². The van der Waals surface area contributed by atoms with Gasteiger partial charge in [0.05, 0.1) is 0 Å². The summed E-state index contributed by atoms with van der Waals surface area (Å²) in [5.41, 5.74) is 8.67. The van der Waals surface area contributed by atoms with Crippen LogP contribution >= 0.6 is 0 Å². The molecule has 41 heavy (non-hydrogen) atoms. The molecule has 2 heterocycles. The van der Waals surface area contributed by atoms with Crippen LogP contribution in [0.25, 0.3) is 0 Å². The van der Waals surface area contributed by atoms with Gasteiger partial charge in [-0.05, 0) is 0 Å². The molecule has 0 amide bonds. The fraction of sp³-hybridized carbons (Fsp3) is 0.333. The van der Waals surface area contributed by atoms with Crippen LogP contribution in [0.1, 0.15) is 71.3 Å². The molecule has 0 aliphatic heterocycles. The van der Waals surface area contributed by atoms with Crippen LogP contribution < -0.4 is 10.7 Å². The van der Waals surface area contributed by atoms with Crippen molar-refractivity contribution in [2.45, 2.75) is 78.3 Å².